The first-order valence-corrected chi connectivity index (χ1v) is 16.4. The summed E-state index contributed by atoms with van der Waals surface area (Å²) in [4.78, 5) is 33.0. The maximum atomic E-state index is 16.9. The number of pyridine rings is 1. The number of terminal acetylenes is 1. The lowest BCUT2D eigenvalue weighted by Gasteiger charge is -2.33. The number of hydrogen-bond donors (Lipinski definition) is 0. The Balaban J connectivity index is 1.46. The number of aromatic nitrogens is 3. The first kappa shape index (κ1) is 33.3. The molecule has 2 fully saturated rings. The molecule has 0 radical (unpaired) electrons. The molecule has 4 heterocycles. The number of fused-ring (bicyclic) bond motifs is 2. The van der Waals surface area contributed by atoms with Crippen LogP contribution in [0.4, 0.5) is 19.4 Å². The van der Waals surface area contributed by atoms with Gasteiger partial charge in [0, 0.05) is 36.8 Å². The Kier molecular flexibility index (Phi) is 8.90. The van der Waals surface area contributed by atoms with E-state index in [1.165, 1.54) is 12.3 Å². The van der Waals surface area contributed by atoms with Crippen LogP contribution in [0.3, 0.4) is 0 Å². The highest BCUT2D eigenvalue weighted by molar-refractivity contribution is 6.02. The average molecular weight is 657 g/mol. The third kappa shape index (κ3) is 6.10. The molecular weight excluding hydrogens is 614 g/mol. The number of carbonyl (C=O) groups excluding carboxylic acids is 1. The minimum atomic E-state index is -0.699. The van der Waals surface area contributed by atoms with Crippen LogP contribution in [0, 0.1) is 24.0 Å². The number of halogens is 2. The number of carbonyl (C=O) groups is 1. The van der Waals surface area contributed by atoms with E-state index in [9.17, 15) is 9.18 Å². The molecule has 6 rings (SSSR count). The lowest BCUT2D eigenvalue weighted by atomic mass is 9.96. The predicted molar refractivity (Wildman–Crippen MR) is 183 cm³/mol. The second-order valence-corrected chi connectivity index (χ2v) is 13.9. The fraction of sp³-hybridized carbons (Fsp3) is 0.459. The molecule has 2 aliphatic heterocycles. The van der Waals surface area contributed by atoms with E-state index in [0.717, 1.165) is 19.4 Å². The number of amides is 1. The number of ether oxygens (including phenoxy) is 2. The van der Waals surface area contributed by atoms with Gasteiger partial charge in [0.15, 0.2) is 5.82 Å². The molecule has 4 atom stereocenters. The topological polar surface area (TPSA) is 83.9 Å². The van der Waals surface area contributed by atoms with Crippen molar-refractivity contribution in [3.63, 3.8) is 0 Å². The molecule has 11 heteroatoms. The van der Waals surface area contributed by atoms with Gasteiger partial charge < -0.3 is 19.3 Å². The highest BCUT2D eigenvalue weighted by Gasteiger charge is 2.39. The van der Waals surface area contributed by atoms with E-state index in [-0.39, 0.29) is 53.1 Å². The molecule has 48 heavy (non-hydrogen) atoms. The fourth-order valence-corrected chi connectivity index (χ4v) is 7.17. The molecule has 2 aromatic carbocycles. The first-order chi connectivity index (χ1) is 22.8. The zero-order valence-electron chi connectivity index (χ0n) is 28.6. The predicted octanol–water partition coefficient (Wildman–Crippen LogP) is 6.80. The number of likely N-dealkylation sites (N-methyl/N-ethyl adjacent to an activating group) is 2. The molecule has 0 unspecified atom stereocenters. The summed E-state index contributed by atoms with van der Waals surface area (Å²) in [6.07, 6.45) is 9.29. The van der Waals surface area contributed by atoms with E-state index < -0.39 is 17.2 Å². The van der Waals surface area contributed by atoms with Gasteiger partial charge in [-0.3, -0.25) is 9.88 Å². The number of nitrogens with zero attached hydrogens (tertiary/aromatic N) is 6. The molecule has 4 aromatic rings. The monoisotopic (exact) mass is 656 g/mol. The van der Waals surface area contributed by atoms with E-state index in [0.29, 0.717) is 40.5 Å². The van der Waals surface area contributed by atoms with Crippen molar-refractivity contribution in [3.05, 3.63) is 53.7 Å². The molecule has 0 saturated carbocycles. The molecule has 1 amide bonds. The summed E-state index contributed by atoms with van der Waals surface area (Å²) in [7, 11) is 3.93. The van der Waals surface area contributed by atoms with E-state index >= 15 is 4.39 Å². The van der Waals surface area contributed by atoms with Crippen LogP contribution < -0.4 is 9.64 Å². The van der Waals surface area contributed by atoms with Crippen LogP contribution in [0.1, 0.15) is 59.4 Å². The SMILES string of the molecule is C#Cc1c(F)ccc2cccc(-c3ncc4c(N(C)[C@@H]5CCN(C(=O)OC(C)(C)C)[C@@H]5C)nc(O[C@@H](C)[C@@H]5CCCN5C)nc4c3F)c12. The molecular formula is C37H42F2N6O3. The fourth-order valence-electron chi connectivity index (χ4n) is 7.17. The van der Waals surface area contributed by atoms with Crippen LogP contribution in [0.15, 0.2) is 36.5 Å². The smallest absolute Gasteiger partial charge is 0.410 e. The quantitative estimate of drug-likeness (QED) is 0.210. The summed E-state index contributed by atoms with van der Waals surface area (Å²) in [5, 5.41) is 1.44. The molecule has 9 nitrogen and oxygen atoms in total. The Morgan fingerprint density at radius 3 is 2.60 bits per heavy atom. The Labute approximate surface area is 280 Å². The third-order valence-corrected chi connectivity index (χ3v) is 9.62. The summed E-state index contributed by atoms with van der Waals surface area (Å²) in [6.45, 7) is 10.9. The summed E-state index contributed by atoms with van der Waals surface area (Å²) in [5.41, 5.74) is -0.228. The zero-order chi connectivity index (χ0) is 34.5. The van der Waals surface area contributed by atoms with Crippen molar-refractivity contribution in [2.45, 2.75) is 83.7 Å². The number of hydrogen-bond acceptors (Lipinski definition) is 8. The molecule has 0 aliphatic carbocycles. The second kappa shape index (κ2) is 12.8. The van der Waals surface area contributed by atoms with E-state index in [1.807, 2.05) is 46.6 Å². The van der Waals surface area contributed by atoms with Crippen LogP contribution >= 0.6 is 0 Å². The van der Waals surface area contributed by atoms with Crippen molar-refractivity contribution in [3.8, 4) is 29.6 Å². The summed E-state index contributed by atoms with van der Waals surface area (Å²) < 4.78 is 43.7. The lowest BCUT2D eigenvalue weighted by Crippen LogP contribution is -2.45. The maximum Gasteiger partial charge on any atom is 0.410 e. The van der Waals surface area contributed by atoms with Gasteiger partial charge in [0.1, 0.15) is 34.6 Å². The number of benzene rings is 2. The van der Waals surface area contributed by atoms with Crippen LogP contribution in [-0.4, -0.2) is 87.9 Å². The molecule has 0 N–H and O–H groups in total. The molecule has 2 aliphatic rings. The van der Waals surface area contributed by atoms with Gasteiger partial charge in [0.25, 0.3) is 0 Å². The summed E-state index contributed by atoms with van der Waals surface area (Å²) in [6, 6.07) is 7.95. The molecule has 0 bridgehead atoms. The van der Waals surface area contributed by atoms with Crippen LogP contribution in [0.2, 0.25) is 0 Å². The Morgan fingerprint density at radius 1 is 1.15 bits per heavy atom. The van der Waals surface area contributed by atoms with Gasteiger partial charge in [0.2, 0.25) is 0 Å². The zero-order valence-corrected chi connectivity index (χ0v) is 28.6. The van der Waals surface area contributed by atoms with Crippen LogP contribution in [-0.2, 0) is 4.74 Å². The Morgan fingerprint density at radius 2 is 1.92 bits per heavy atom. The van der Waals surface area contributed by atoms with E-state index in [1.54, 1.807) is 29.2 Å². The van der Waals surface area contributed by atoms with Crippen LogP contribution in [0.25, 0.3) is 32.9 Å². The summed E-state index contributed by atoms with van der Waals surface area (Å²) in [5.74, 6) is 1.59. The Bertz CT molecular complexity index is 1920. The van der Waals surface area contributed by atoms with Crippen LogP contribution in [0.5, 0.6) is 6.01 Å². The van der Waals surface area contributed by atoms with E-state index in [4.69, 9.17) is 20.9 Å². The standard InChI is InChI=1S/C37H42F2N6O3/c1-9-24-27(38)16-15-23-12-10-13-25(30(23)24)32-31(39)33-26(20-40-32)34(42-35(41-33)47-22(3)29-14-11-18-43(29)7)44(8)28-17-19-45(21(28)2)36(46)48-37(4,5)6/h1,10,12-13,15-16,20-22,28-29H,11,14,17-19H2,2-8H3/t21-,22+,28-,29+/m1/s1. The van der Waals surface area contributed by atoms with Gasteiger partial charge in [0.05, 0.1) is 23.0 Å². The van der Waals surface area contributed by atoms with Gasteiger partial charge in [-0.2, -0.15) is 9.97 Å². The number of rotatable bonds is 6. The van der Waals surface area contributed by atoms with Crippen molar-refractivity contribution < 1.29 is 23.0 Å². The number of likely N-dealkylation sites (tertiary alicyclic amines) is 2. The molecule has 0 spiro atoms. The molecule has 2 saturated heterocycles. The third-order valence-electron chi connectivity index (χ3n) is 9.62. The maximum absolute atomic E-state index is 16.9. The van der Waals surface area contributed by atoms with Crippen molar-refractivity contribution >= 4 is 33.6 Å². The minimum absolute atomic E-state index is 0.0117. The van der Waals surface area contributed by atoms with Crippen molar-refractivity contribution in [1.29, 1.82) is 0 Å². The highest BCUT2D eigenvalue weighted by Crippen LogP contribution is 2.38. The lowest BCUT2D eigenvalue weighted by molar-refractivity contribution is 0.0233. The Hall–Kier alpha value is -4.56. The second-order valence-electron chi connectivity index (χ2n) is 13.9. The van der Waals surface area contributed by atoms with Crippen molar-refractivity contribution in [1.82, 2.24) is 24.8 Å². The normalized spacial score (nSPS) is 20.7. The first-order valence-electron chi connectivity index (χ1n) is 16.4. The molecule has 252 valence electrons. The summed E-state index contributed by atoms with van der Waals surface area (Å²) >= 11 is 0. The van der Waals surface area contributed by atoms with Crippen molar-refractivity contribution in [2.75, 3.05) is 32.1 Å². The average Bonchev–Trinajstić information content (AvgIpc) is 3.65. The highest BCUT2D eigenvalue weighted by atomic mass is 19.1. The van der Waals surface area contributed by atoms with Gasteiger partial charge in [-0.15, -0.1) is 6.42 Å². The molecule has 2 aromatic heterocycles. The van der Waals surface area contributed by atoms with Crippen molar-refractivity contribution in [2.24, 2.45) is 0 Å². The minimum Gasteiger partial charge on any atom is -0.459 e. The van der Waals surface area contributed by atoms with E-state index in [2.05, 4.69) is 27.8 Å². The van der Waals surface area contributed by atoms with Gasteiger partial charge >= 0.3 is 12.1 Å². The van der Waals surface area contributed by atoms with Gasteiger partial charge in [-0.1, -0.05) is 30.2 Å². The van der Waals surface area contributed by atoms with Gasteiger partial charge in [-0.05, 0) is 78.9 Å². The largest absolute Gasteiger partial charge is 0.459 e. The van der Waals surface area contributed by atoms with Gasteiger partial charge in [-0.25, -0.2) is 13.6 Å². The number of anilines is 1.